The molecular formula is C13H15N3OS. The summed E-state index contributed by atoms with van der Waals surface area (Å²) >= 11 is 1.42. The van der Waals surface area contributed by atoms with Gasteiger partial charge in [0.15, 0.2) is 0 Å². The summed E-state index contributed by atoms with van der Waals surface area (Å²) < 4.78 is 0. The van der Waals surface area contributed by atoms with Crippen molar-refractivity contribution in [3.8, 4) is 0 Å². The lowest BCUT2D eigenvalue weighted by atomic mass is 10.1. The number of amides is 1. The second-order valence-electron chi connectivity index (χ2n) is 4.37. The Labute approximate surface area is 110 Å². The Morgan fingerprint density at radius 2 is 2.00 bits per heavy atom. The van der Waals surface area contributed by atoms with Crippen LogP contribution in [0.2, 0.25) is 0 Å². The third-order valence-corrected chi connectivity index (χ3v) is 3.68. The van der Waals surface area contributed by atoms with E-state index in [1.54, 1.807) is 6.07 Å². The first-order valence-electron chi connectivity index (χ1n) is 5.78. The summed E-state index contributed by atoms with van der Waals surface area (Å²) in [5.74, 6) is 0.186. The molecular weight excluding hydrogens is 246 g/mol. The molecule has 0 saturated carbocycles. The number of carbonyl (C=O) groups excluding carboxylic acids is 1. The highest BCUT2D eigenvalue weighted by molar-refractivity contribution is 7.15. The molecule has 0 fully saturated rings. The molecule has 0 aliphatic carbocycles. The minimum absolute atomic E-state index is 0.139. The molecule has 0 saturated heterocycles. The Bertz CT molecular complexity index is 563. The number of nitrogens with zero attached hydrogens (tertiary/aromatic N) is 2. The van der Waals surface area contributed by atoms with E-state index in [0.717, 1.165) is 10.6 Å². The van der Waals surface area contributed by atoms with E-state index in [9.17, 15) is 4.79 Å². The number of aromatic nitrogens is 2. The summed E-state index contributed by atoms with van der Waals surface area (Å²) in [6, 6.07) is 7.47. The molecule has 1 aromatic carbocycles. The highest BCUT2D eigenvalue weighted by Crippen LogP contribution is 2.23. The number of hydrogen-bond acceptors (Lipinski definition) is 4. The van der Waals surface area contributed by atoms with E-state index in [1.807, 2.05) is 39.0 Å². The minimum Gasteiger partial charge on any atom is -0.296 e. The van der Waals surface area contributed by atoms with Crippen molar-refractivity contribution < 1.29 is 4.79 Å². The Kier molecular flexibility index (Phi) is 3.72. The van der Waals surface area contributed by atoms with Crippen LogP contribution in [0.5, 0.6) is 0 Å². The lowest BCUT2D eigenvalue weighted by Crippen LogP contribution is -2.12. The molecule has 4 nitrogen and oxygen atoms in total. The summed E-state index contributed by atoms with van der Waals surface area (Å²) in [5.41, 5.74) is 1.61. The van der Waals surface area contributed by atoms with Gasteiger partial charge >= 0.3 is 0 Å². The standard InChI is InChI=1S/C13H15N3OS/c1-8(2)12-15-16-13(18-12)14-11(17)10-7-5-4-6-9(10)3/h4-8H,1-3H3,(H,14,16,17). The van der Waals surface area contributed by atoms with Crippen LogP contribution in [-0.2, 0) is 0 Å². The Morgan fingerprint density at radius 1 is 1.28 bits per heavy atom. The zero-order valence-corrected chi connectivity index (χ0v) is 11.4. The normalized spacial score (nSPS) is 10.7. The van der Waals surface area contributed by atoms with Crippen molar-refractivity contribution in [3.63, 3.8) is 0 Å². The molecule has 0 spiro atoms. The van der Waals surface area contributed by atoms with Crippen molar-refractivity contribution in [2.75, 3.05) is 5.32 Å². The Balaban J connectivity index is 2.14. The van der Waals surface area contributed by atoms with Gasteiger partial charge in [-0.2, -0.15) is 0 Å². The first-order chi connectivity index (χ1) is 8.58. The van der Waals surface area contributed by atoms with E-state index in [4.69, 9.17) is 0 Å². The van der Waals surface area contributed by atoms with Crippen LogP contribution < -0.4 is 5.32 Å². The monoisotopic (exact) mass is 261 g/mol. The predicted octanol–water partition coefficient (Wildman–Crippen LogP) is 3.22. The summed E-state index contributed by atoms with van der Waals surface area (Å²) in [7, 11) is 0. The van der Waals surface area contributed by atoms with Crippen LogP contribution in [0.25, 0.3) is 0 Å². The molecule has 94 valence electrons. The van der Waals surface area contributed by atoms with Gasteiger partial charge < -0.3 is 0 Å². The van der Waals surface area contributed by atoms with Gasteiger partial charge in [0.2, 0.25) is 5.13 Å². The van der Waals surface area contributed by atoms with Crippen LogP contribution in [0.15, 0.2) is 24.3 Å². The maximum Gasteiger partial charge on any atom is 0.257 e. The fraction of sp³-hybridized carbons (Fsp3) is 0.308. The molecule has 1 aromatic heterocycles. The predicted molar refractivity (Wildman–Crippen MR) is 73.1 cm³/mol. The maximum absolute atomic E-state index is 12.0. The summed E-state index contributed by atoms with van der Waals surface area (Å²) in [6.45, 7) is 6.01. The highest BCUT2D eigenvalue weighted by Gasteiger charge is 2.12. The van der Waals surface area contributed by atoms with Gasteiger partial charge in [0.05, 0.1) is 0 Å². The Morgan fingerprint density at radius 3 is 2.61 bits per heavy atom. The fourth-order valence-electron chi connectivity index (χ4n) is 1.51. The van der Waals surface area contributed by atoms with E-state index in [-0.39, 0.29) is 5.91 Å². The van der Waals surface area contributed by atoms with Crippen LogP contribution in [-0.4, -0.2) is 16.1 Å². The van der Waals surface area contributed by atoms with Crippen LogP contribution in [0.1, 0.15) is 40.7 Å². The van der Waals surface area contributed by atoms with Crippen LogP contribution in [0.4, 0.5) is 5.13 Å². The van der Waals surface area contributed by atoms with E-state index in [0.29, 0.717) is 16.6 Å². The van der Waals surface area contributed by atoms with Gasteiger partial charge in [0.1, 0.15) is 5.01 Å². The van der Waals surface area contributed by atoms with Gasteiger partial charge in [-0.3, -0.25) is 10.1 Å². The average Bonchev–Trinajstić information content (AvgIpc) is 2.78. The largest absolute Gasteiger partial charge is 0.296 e. The van der Waals surface area contributed by atoms with Crippen molar-refractivity contribution in [1.82, 2.24) is 10.2 Å². The third kappa shape index (κ3) is 2.73. The van der Waals surface area contributed by atoms with Gasteiger partial charge in [-0.25, -0.2) is 0 Å². The van der Waals surface area contributed by atoms with Gasteiger partial charge in [0, 0.05) is 11.5 Å². The molecule has 1 amide bonds. The lowest BCUT2D eigenvalue weighted by molar-refractivity contribution is 0.102. The van der Waals surface area contributed by atoms with Crippen LogP contribution in [0, 0.1) is 6.92 Å². The van der Waals surface area contributed by atoms with Crippen molar-refractivity contribution >= 4 is 22.4 Å². The molecule has 18 heavy (non-hydrogen) atoms. The Hall–Kier alpha value is -1.75. The SMILES string of the molecule is Cc1ccccc1C(=O)Nc1nnc(C(C)C)s1. The summed E-state index contributed by atoms with van der Waals surface area (Å²) in [5, 5.41) is 12.3. The molecule has 0 bridgehead atoms. The first-order valence-corrected chi connectivity index (χ1v) is 6.60. The molecule has 2 rings (SSSR count). The van der Waals surface area contributed by atoms with E-state index in [1.165, 1.54) is 11.3 Å². The van der Waals surface area contributed by atoms with Crippen LogP contribution >= 0.6 is 11.3 Å². The number of anilines is 1. The second kappa shape index (κ2) is 5.27. The zero-order chi connectivity index (χ0) is 13.1. The van der Waals surface area contributed by atoms with Gasteiger partial charge in [0.25, 0.3) is 5.91 Å². The number of rotatable bonds is 3. The van der Waals surface area contributed by atoms with Crippen molar-refractivity contribution in [3.05, 3.63) is 40.4 Å². The summed E-state index contributed by atoms with van der Waals surface area (Å²) in [6.07, 6.45) is 0. The van der Waals surface area contributed by atoms with Crippen molar-refractivity contribution in [2.45, 2.75) is 26.7 Å². The lowest BCUT2D eigenvalue weighted by Gasteiger charge is -2.03. The molecule has 1 heterocycles. The number of carbonyl (C=O) groups is 1. The second-order valence-corrected chi connectivity index (χ2v) is 5.38. The molecule has 0 aliphatic heterocycles. The van der Waals surface area contributed by atoms with E-state index in [2.05, 4.69) is 15.5 Å². The average molecular weight is 261 g/mol. The van der Waals surface area contributed by atoms with Gasteiger partial charge in [-0.1, -0.05) is 43.4 Å². The number of aryl methyl sites for hydroxylation is 1. The number of benzene rings is 1. The fourth-order valence-corrected chi connectivity index (χ4v) is 2.25. The smallest absolute Gasteiger partial charge is 0.257 e. The van der Waals surface area contributed by atoms with Crippen molar-refractivity contribution in [2.24, 2.45) is 0 Å². The van der Waals surface area contributed by atoms with Crippen molar-refractivity contribution in [1.29, 1.82) is 0 Å². The van der Waals surface area contributed by atoms with Gasteiger partial charge in [-0.15, -0.1) is 10.2 Å². The maximum atomic E-state index is 12.0. The van der Waals surface area contributed by atoms with E-state index < -0.39 is 0 Å². The number of nitrogens with one attached hydrogen (secondary N) is 1. The molecule has 0 radical (unpaired) electrons. The van der Waals surface area contributed by atoms with Crippen LogP contribution in [0.3, 0.4) is 0 Å². The number of hydrogen-bond donors (Lipinski definition) is 1. The molecule has 5 heteroatoms. The molecule has 2 aromatic rings. The molecule has 0 atom stereocenters. The third-order valence-electron chi connectivity index (χ3n) is 2.54. The highest BCUT2D eigenvalue weighted by atomic mass is 32.1. The first kappa shape index (κ1) is 12.7. The molecule has 1 N–H and O–H groups in total. The quantitative estimate of drug-likeness (QED) is 0.923. The van der Waals surface area contributed by atoms with Gasteiger partial charge in [-0.05, 0) is 18.6 Å². The topological polar surface area (TPSA) is 54.9 Å². The van der Waals surface area contributed by atoms with E-state index >= 15 is 0 Å². The molecule has 0 aliphatic rings. The zero-order valence-electron chi connectivity index (χ0n) is 10.6. The molecule has 0 unspecified atom stereocenters. The minimum atomic E-state index is -0.139. The summed E-state index contributed by atoms with van der Waals surface area (Å²) in [4.78, 5) is 12.0.